The Kier molecular flexibility index (Phi) is 5.18. The number of amides is 1. The molecule has 2 N–H and O–H groups in total. The van der Waals surface area contributed by atoms with Gasteiger partial charge in [-0.1, -0.05) is 0 Å². The maximum Gasteiger partial charge on any atom is 0.254 e. The van der Waals surface area contributed by atoms with Crippen molar-refractivity contribution in [3.63, 3.8) is 0 Å². The van der Waals surface area contributed by atoms with Crippen molar-refractivity contribution in [3.05, 3.63) is 65.0 Å². The summed E-state index contributed by atoms with van der Waals surface area (Å²) in [6, 6.07) is 8.14. The smallest absolute Gasteiger partial charge is 0.254 e. The molecule has 0 spiro atoms. The highest BCUT2D eigenvalue weighted by molar-refractivity contribution is 5.94. The number of hydrogen-bond acceptors (Lipinski definition) is 3. The van der Waals surface area contributed by atoms with E-state index >= 15 is 0 Å². The van der Waals surface area contributed by atoms with E-state index in [-0.39, 0.29) is 24.1 Å². The van der Waals surface area contributed by atoms with E-state index in [4.69, 9.17) is 5.73 Å². The first-order valence-electron chi connectivity index (χ1n) is 8.37. The van der Waals surface area contributed by atoms with Crippen LogP contribution in [0.5, 0.6) is 0 Å². The van der Waals surface area contributed by atoms with E-state index in [0.717, 1.165) is 6.07 Å². The third-order valence-corrected chi connectivity index (χ3v) is 4.59. The van der Waals surface area contributed by atoms with Gasteiger partial charge in [0.25, 0.3) is 5.91 Å². The second kappa shape index (κ2) is 7.37. The molecule has 1 amide bonds. The minimum Gasteiger partial charge on any atom is -0.399 e. The van der Waals surface area contributed by atoms with E-state index in [1.807, 2.05) is 11.8 Å². The van der Waals surface area contributed by atoms with Gasteiger partial charge in [-0.25, -0.2) is 13.2 Å². The highest BCUT2D eigenvalue weighted by atomic mass is 19.2. The van der Waals surface area contributed by atoms with Gasteiger partial charge in [0.1, 0.15) is 5.82 Å². The zero-order chi connectivity index (χ0) is 18.8. The topological polar surface area (TPSA) is 49.6 Å². The Morgan fingerprint density at radius 1 is 1.15 bits per heavy atom. The molecule has 4 nitrogen and oxygen atoms in total. The number of benzene rings is 2. The second-order valence-corrected chi connectivity index (χ2v) is 6.57. The van der Waals surface area contributed by atoms with Gasteiger partial charge < -0.3 is 10.6 Å². The molecule has 1 unspecified atom stereocenters. The molecule has 1 fully saturated rings. The number of hydrogen-bond donors (Lipinski definition) is 1. The summed E-state index contributed by atoms with van der Waals surface area (Å²) in [5.41, 5.74) is 6.76. The first-order chi connectivity index (χ1) is 12.3. The molecule has 1 saturated heterocycles. The fraction of sp³-hybridized carbons (Fsp3) is 0.316. The van der Waals surface area contributed by atoms with Gasteiger partial charge >= 0.3 is 0 Å². The van der Waals surface area contributed by atoms with Crippen LogP contribution < -0.4 is 5.73 Å². The van der Waals surface area contributed by atoms with Gasteiger partial charge in [0.2, 0.25) is 0 Å². The number of halogens is 3. The Morgan fingerprint density at radius 2 is 1.85 bits per heavy atom. The highest BCUT2D eigenvalue weighted by Crippen LogP contribution is 2.20. The summed E-state index contributed by atoms with van der Waals surface area (Å²) in [5, 5.41) is 0. The van der Waals surface area contributed by atoms with Crippen LogP contribution in [0.4, 0.5) is 18.9 Å². The van der Waals surface area contributed by atoms with E-state index in [2.05, 4.69) is 0 Å². The summed E-state index contributed by atoms with van der Waals surface area (Å²) in [7, 11) is 0. The van der Waals surface area contributed by atoms with Crippen molar-refractivity contribution in [1.29, 1.82) is 0 Å². The average molecular weight is 363 g/mol. The zero-order valence-corrected chi connectivity index (χ0v) is 14.4. The van der Waals surface area contributed by atoms with Gasteiger partial charge in [0.15, 0.2) is 11.6 Å². The highest BCUT2D eigenvalue weighted by Gasteiger charge is 2.28. The number of carbonyl (C=O) groups is 1. The van der Waals surface area contributed by atoms with Crippen molar-refractivity contribution in [2.45, 2.75) is 19.5 Å². The third-order valence-electron chi connectivity index (χ3n) is 4.59. The van der Waals surface area contributed by atoms with E-state index in [1.54, 1.807) is 29.2 Å². The van der Waals surface area contributed by atoms with Crippen LogP contribution in [0.3, 0.4) is 0 Å². The monoisotopic (exact) mass is 363 g/mol. The van der Waals surface area contributed by atoms with Crippen LogP contribution in [0.25, 0.3) is 0 Å². The third kappa shape index (κ3) is 3.83. The van der Waals surface area contributed by atoms with Crippen molar-refractivity contribution in [1.82, 2.24) is 9.80 Å². The number of piperazine rings is 1. The molecule has 0 saturated carbocycles. The van der Waals surface area contributed by atoms with Gasteiger partial charge in [-0.15, -0.1) is 0 Å². The molecule has 1 atom stereocenters. The lowest BCUT2D eigenvalue weighted by atomic mass is 10.1. The summed E-state index contributed by atoms with van der Waals surface area (Å²) in [6.07, 6.45) is 0. The first kappa shape index (κ1) is 18.3. The van der Waals surface area contributed by atoms with E-state index in [0.29, 0.717) is 37.0 Å². The standard InChI is InChI=1S/C19H20F3N3O/c1-12-10-24(11-14-8-15(20)9-17(21)18(14)22)6-7-25(12)19(26)13-2-4-16(23)5-3-13/h2-5,8-9,12H,6-7,10-11,23H2,1H3. The molecule has 7 heteroatoms. The van der Waals surface area contributed by atoms with Crippen LogP contribution in [0.2, 0.25) is 0 Å². The summed E-state index contributed by atoms with van der Waals surface area (Å²) in [5.74, 6) is -3.12. The number of nitrogen functional groups attached to an aromatic ring is 1. The number of carbonyl (C=O) groups excluding carboxylic acids is 1. The van der Waals surface area contributed by atoms with Gasteiger partial charge in [0, 0.05) is 55.1 Å². The number of rotatable bonds is 3. The Hall–Kier alpha value is -2.54. The Bertz CT molecular complexity index is 810. The number of anilines is 1. The molecule has 1 aliphatic rings. The van der Waals surface area contributed by atoms with Crippen molar-refractivity contribution < 1.29 is 18.0 Å². The predicted octanol–water partition coefficient (Wildman–Crippen LogP) is 3.03. The van der Waals surface area contributed by atoms with Crippen LogP contribution in [0.1, 0.15) is 22.8 Å². The van der Waals surface area contributed by atoms with Crippen molar-refractivity contribution >= 4 is 11.6 Å². The minimum atomic E-state index is -1.19. The summed E-state index contributed by atoms with van der Waals surface area (Å²) >= 11 is 0. The molecule has 138 valence electrons. The lowest BCUT2D eigenvalue weighted by Gasteiger charge is -2.40. The molecule has 0 aliphatic carbocycles. The lowest BCUT2D eigenvalue weighted by molar-refractivity contribution is 0.0473. The molecule has 1 aliphatic heterocycles. The molecule has 0 bridgehead atoms. The lowest BCUT2D eigenvalue weighted by Crippen LogP contribution is -2.53. The Balaban J connectivity index is 1.67. The molecule has 1 heterocycles. The van der Waals surface area contributed by atoms with Crippen molar-refractivity contribution in [2.75, 3.05) is 25.4 Å². The molecule has 2 aromatic rings. The van der Waals surface area contributed by atoms with E-state index < -0.39 is 17.5 Å². The molecule has 0 radical (unpaired) electrons. The fourth-order valence-electron chi connectivity index (χ4n) is 3.24. The summed E-state index contributed by atoms with van der Waals surface area (Å²) in [6.45, 7) is 3.41. The zero-order valence-electron chi connectivity index (χ0n) is 14.4. The minimum absolute atomic E-state index is 0.0204. The largest absolute Gasteiger partial charge is 0.399 e. The van der Waals surface area contributed by atoms with Gasteiger partial charge in [-0.05, 0) is 37.3 Å². The summed E-state index contributed by atoms with van der Waals surface area (Å²) in [4.78, 5) is 16.3. The quantitative estimate of drug-likeness (QED) is 0.674. The van der Waals surface area contributed by atoms with Crippen LogP contribution in [-0.4, -0.2) is 41.4 Å². The van der Waals surface area contributed by atoms with Crippen LogP contribution in [0.15, 0.2) is 36.4 Å². The Labute approximate surface area is 150 Å². The number of nitrogens with zero attached hydrogens (tertiary/aromatic N) is 2. The molecule has 26 heavy (non-hydrogen) atoms. The van der Waals surface area contributed by atoms with Gasteiger partial charge in [-0.3, -0.25) is 9.69 Å². The van der Waals surface area contributed by atoms with E-state index in [9.17, 15) is 18.0 Å². The van der Waals surface area contributed by atoms with Crippen LogP contribution in [-0.2, 0) is 6.54 Å². The Morgan fingerprint density at radius 3 is 2.50 bits per heavy atom. The average Bonchev–Trinajstić information content (AvgIpc) is 2.59. The van der Waals surface area contributed by atoms with Crippen molar-refractivity contribution in [2.24, 2.45) is 0 Å². The molecular formula is C19H20F3N3O. The van der Waals surface area contributed by atoms with E-state index in [1.165, 1.54) is 0 Å². The normalized spacial score (nSPS) is 18.2. The maximum atomic E-state index is 13.8. The fourth-order valence-corrected chi connectivity index (χ4v) is 3.24. The van der Waals surface area contributed by atoms with Crippen LogP contribution >= 0.6 is 0 Å². The first-order valence-corrected chi connectivity index (χ1v) is 8.37. The molecular weight excluding hydrogens is 343 g/mol. The molecule has 0 aromatic heterocycles. The predicted molar refractivity (Wildman–Crippen MR) is 92.9 cm³/mol. The SMILES string of the molecule is CC1CN(Cc2cc(F)cc(F)c2F)CCN1C(=O)c1ccc(N)cc1. The van der Waals surface area contributed by atoms with Crippen LogP contribution in [0, 0.1) is 17.5 Å². The summed E-state index contributed by atoms with van der Waals surface area (Å²) < 4.78 is 40.5. The van der Waals surface area contributed by atoms with Gasteiger partial charge in [-0.2, -0.15) is 0 Å². The molecule has 3 rings (SSSR count). The maximum absolute atomic E-state index is 13.8. The van der Waals surface area contributed by atoms with Crippen molar-refractivity contribution in [3.8, 4) is 0 Å². The number of nitrogens with two attached hydrogens (primary N) is 1. The second-order valence-electron chi connectivity index (χ2n) is 6.57. The molecule has 2 aromatic carbocycles. The van der Waals surface area contributed by atoms with Gasteiger partial charge in [0.05, 0.1) is 0 Å².